The van der Waals surface area contributed by atoms with Gasteiger partial charge in [0.1, 0.15) is 0 Å². The molecule has 1 saturated heterocycles. The van der Waals surface area contributed by atoms with Crippen molar-refractivity contribution in [2.45, 2.75) is 23.6 Å². The van der Waals surface area contributed by atoms with Gasteiger partial charge in [0.2, 0.25) is 0 Å². The highest BCUT2D eigenvalue weighted by Crippen LogP contribution is 2.49. The molecule has 0 saturated carbocycles. The van der Waals surface area contributed by atoms with E-state index < -0.39 is 0 Å². The molecule has 0 radical (unpaired) electrons. The van der Waals surface area contributed by atoms with Crippen molar-refractivity contribution in [2.24, 2.45) is 0 Å². The Balaban J connectivity index is 1.72. The van der Waals surface area contributed by atoms with Gasteiger partial charge in [0.25, 0.3) is 0 Å². The van der Waals surface area contributed by atoms with Crippen molar-refractivity contribution in [3.05, 3.63) is 35.4 Å². The Morgan fingerprint density at radius 1 is 0.920 bits per heavy atom. The predicted molar refractivity (Wildman–Crippen MR) is 109 cm³/mol. The fraction of sp³-hybridized carbons (Fsp3) is 0.400. The Morgan fingerprint density at radius 2 is 1.56 bits per heavy atom. The third kappa shape index (κ3) is 3.07. The molecule has 0 amide bonds. The minimum absolute atomic E-state index is 1.07. The lowest BCUT2D eigenvalue weighted by Gasteiger charge is -2.32. The van der Waals surface area contributed by atoms with E-state index in [0.29, 0.717) is 0 Å². The zero-order valence-corrected chi connectivity index (χ0v) is 16.3. The molecule has 4 nitrogen and oxygen atoms in total. The number of aryl methyl sites for hydroxylation is 2. The van der Waals surface area contributed by atoms with Crippen LogP contribution in [0.15, 0.2) is 34.1 Å². The summed E-state index contributed by atoms with van der Waals surface area (Å²) in [6, 6.07) is 9.22. The highest BCUT2D eigenvalue weighted by atomic mass is 32.2. The van der Waals surface area contributed by atoms with E-state index >= 15 is 0 Å². The largest absolute Gasteiger partial charge is 0.378 e. The van der Waals surface area contributed by atoms with Crippen LogP contribution >= 0.6 is 11.8 Å². The van der Waals surface area contributed by atoms with Gasteiger partial charge in [0.15, 0.2) is 0 Å². The molecular weight excluding hydrogens is 328 g/mol. The number of hydrogen-bond donors (Lipinski definition) is 2. The van der Waals surface area contributed by atoms with E-state index in [4.69, 9.17) is 0 Å². The molecule has 0 unspecified atom stereocenters. The molecule has 5 heteroatoms. The van der Waals surface area contributed by atoms with Crippen LogP contribution in [0.2, 0.25) is 0 Å². The normalized spacial score (nSPS) is 16.1. The van der Waals surface area contributed by atoms with Crippen molar-refractivity contribution < 1.29 is 0 Å². The summed E-state index contributed by atoms with van der Waals surface area (Å²) >= 11 is 1.89. The lowest BCUT2D eigenvalue weighted by molar-refractivity contribution is 0.589. The second-order valence-corrected chi connectivity index (χ2v) is 8.21. The van der Waals surface area contributed by atoms with Crippen molar-refractivity contribution in [1.29, 1.82) is 0 Å². The maximum Gasteiger partial charge on any atom is 0.0557 e. The number of piperazine rings is 1. The number of anilines is 4. The van der Waals surface area contributed by atoms with Gasteiger partial charge in [-0.3, -0.25) is 0 Å². The smallest absolute Gasteiger partial charge is 0.0557 e. The first-order valence-corrected chi connectivity index (χ1v) is 9.72. The molecule has 0 aliphatic carbocycles. The summed E-state index contributed by atoms with van der Waals surface area (Å²) in [4.78, 5) is 7.30. The van der Waals surface area contributed by atoms with E-state index in [1.165, 1.54) is 43.7 Å². The number of benzene rings is 2. The van der Waals surface area contributed by atoms with E-state index in [0.717, 1.165) is 26.2 Å². The van der Waals surface area contributed by atoms with Crippen LogP contribution in [0.4, 0.5) is 22.7 Å². The van der Waals surface area contributed by atoms with Gasteiger partial charge in [-0.1, -0.05) is 11.8 Å². The molecule has 1 fully saturated rings. The molecule has 2 N–H and O–H groups in total. The van der Waals surface area contributed by atoms with Crippen LogP contribution in [0.1, 0.15) is 11.1 Å². The summed E-state index contributed by atoms with van der Waals surface area (Å²) in [5.74, 6) is 0. The van der Waals surface area contributed by atoms with Crippen LogP contribution in [-0.2, 0) is 0 Å². The van der Waals surface area contributed by atoms with E-state index in [9.17, 15) is 0 Å². The molecular formula is C20H26N4S. The third-order valence-electron chi connectivity index (χ3n) is 5.04. The van der Waals surface area contributed by atoms with Gasteiger partial charge in [-0.15, -0.1) is 0 Å². The number of nitrogens with one attached hydrogen (secondary N) is 2. The fourth-order valence-electron chi connectivity index (χ4n) is 3.56. The predicted octanol–water partition coefficient (Wildman–Crippen LogP) is 3.99. The molecule has 2 aromatic rings. The maximum absolute atomic E-state index is 3.70. The molecule has 4 rings (SSSR count). The summed E-state index contributed by atoms with van der Waals surface area (Å²) < 4.78 is 0. The van der Waals surface area contributed by atoms with E-state index in [2.05, 4.69) is 72.6 Å². The minimum Gasteiger partial charge on any atom is -0.378 e. The first-order valence-electron chi connectivity index (χ1n) is 8.90. The van der Waals surface area contributed by atoms with Crippen molar-refractivity contribution in [3.63, 3.8) is 0 Å². The molecule has 2 aromatic carbocycles. The SMILES string of the molecule is Cc1cc(N(C)C)cc2c1Nc1c(C)cc(N3CCNCC3)cc1S2. The molecule has 2 aliphatic rings. The van der Waals surface area contributed by atoms with Crippen molar-refractivity contribution >= 4 is 34.5 Å². The average molecular weight is 355 g/mol. The molecule has 2 aliphatic heterocycles. The third-order valence-corrected chi connectivity index (χ3v) is 6.12. The Hall–Kier alpha value is -1.85. The highest BCUT2D eigenvalue weighted by molar-refractivity contribution is 7.99. The summed E-state index contributed by atoms with van der Waals surface area (Å²) in [5.41, 5.74) is 7.73. The van der Waals surface area contributed by atoms with E-state index in [1.54, 1.807) is 0 Å². The van der Waals surface area contributed by atoms with Crippen molar-refractivity contribution in [2.75, 3.05) is 55.4 Å². The molecule has 0 aromatic heterocycles. The number of hydrogen-bond acceptors (Lipinski definition) is 5. The fourth-order valence-corrected chi connectivity index (χ4v) is 4.79. The highest BCUT2D eigenvalue weighted by Gasteiger charge is 2.22. The van der Waals surface area contributed by atoms with Crippen LogP contribution in [-0.4, -0.2) is 40.3 Å². The van der Waals surface area contributed by atoms with Crippen molar-refractivity contribution in [3.8, 4) is 0 Å². The Morgan fingerprint density at radius 3 is 2.24 bits per heavy atom. The van der Waals surface area contributed by atoms with Crippen LogP contribution in [0, 0.1) is 13.8 Å². The maximum atomic E-state index is 3.70. The zero-order valence-electron chi connectivity index (χ0n) is 15.4. The zero-order chi connectivity index (χ0) is 17.6. The second-order valence-electron chi connectivity index (χ2n) is 7.13. The minimum atomic E-state index is 1.07. The molecule has 132 valence electrons. The first kappa shape index (κ1) is 16.6. The quantitative estimate of drug-likeness (QED) is 0.727. The van der Waals surface area contributed by atoms with Gasteiger partial charge < -0.3 is 20.4 Å². The molecule has 25 heavy (non-hydrogen) atoms. The monoisotopic (exact) mass is 354 g/mol. The molecule has 0 spiro atoms. The van der Waals surface area contributed by atoms with Crippen LogP contribution in [0.5, 0.6) is 0 Å². The average Bonchev–Trinajstić information content (AvgIpc) is 2.61. The summed E-state index contributed by atoms with van der Waals surface area (Å²) in [7, 11) is 4.20. The summed E-state index contributed by atoms with van der Waals surface area (Å²) in [5, 5.41) is 7.14. The van der Waals surface area contributed by atoms with Gasteiger partial charge >= 0.3 is 0 Å². The topological polar surface area (TPSA) is 30.5 Å². The van der Waals surface area contributed by atoms with Crippen LogP contribution < -0.4 is 20.4 Å². The lowest BCUT2D eigenvalue weighted by atomic mass is 10.1. The second kappa shape index (κ2) is 6.46. The van der Waals surface area contributed by atoms with Gasteiger partial charge in [-0.25, -0.2) is 0 Å². The number of nitrogens with zero attached hydrogens (tertiary/aromatic N) is 2. The summed E-state index contributed by atoms with van der Waals surface area (Å²) in [6.07, 6.45) is 0. The Labute approximate surface area is 154 Å². The molecule has 0 atom stereocenters. The molecule has 2 heterocycles. The molecule has 0 bridgehead atoms. The van der Waals surface area contributed by atoms with Crippen LogP contribution in [0.25, 0.3) is 0 Å². The first-order chi connectivity index (χ1) is 12.0. The number of rotatable bonds is 2. The van der Waals surface area contributed by atoms with Gasteiger partial charge in [0, 0.05) is 61.4 Å². The number of fused-ring (bicyclic) bond motifs is 2. The van der Waals surface area contributed by atoms with Gasteiger partial charge in [-0.05, 0) is 49.2 Å². The standard InChI is InChI=1S/C20H26N4S/c1-13-9-15(23(3)4)11-17-19(13)22-20-14(2)10-16(12-18(20)25-17)24-7-5-21-6-8-24/h9-12,21-22H,5-8H2,1-4H3. The summed E-state index contributed by atoms with van der Waals surface area (Å²) in [6.45, 7) is 8.69. The van der Waals surface area contributed by atoms with Gasteiger partial charge in [-0.2, -0.15) is 0 Å². The van der Waals surface area contributed by atoms with Crippen LogP contribution in [0.3, 0.4) is 0 Å². The van der Waals surface area contributed by atoms with Gasteiger partial charge in [0.05, 0.1) is 11.4 Å². The Kier molecular flexibility index (Phi) is 4.29. The lowest BCUT2D eigenvalue weighted by Crippen LogP contribution is -2.43. The van der Waals surface area contributed by atoms with E-state index in [-0.39, 0.29) is 0 Å². The Bertz CT molecular complexity index is 810. The van der Waals surface area contributed by atoms with E-state index in [1.807, 2.05) is 11.8 Å². The van der Waals surface area contributed by atoms with Crippen molar-refractivity contribution in [1.82, 2.24) is 5.32 Å².